The standard InChI is InChI=1S/C39H25N9.C33H21N9/c1-3-13-34-31(11-1)40-37-43(17-20-46(34)37)28-9-5-7-26(23-28)27-8-6-10-29(24-27)44-19-22-48-36-25-30(15-16-33(36)42-39(44)48)45-18-21-47-35-14-4-2-12-32(35)41-38(45)47;1-3-10-28-25(8-1)34-31-37(14-17-40(28)31)22-6-5-7-23(20-22)38-16-19-42-30-21-24(12-13-27(30)36-33(38)42)39-15-18-41-29-11-4-2-9-26(29)35-32(39)41/h1-25H;1-21H. The Hall–Kier alpha value is -13.0. The maximum absolute atomic E-state index is 5.05. The van der Waals surface area contributed by atoms with Crippen molar-refractivity contribution in [3.05, 3.63) is 281 Å². The van der Waals surface area contributed by atoms with E-state index < -0.39 is 0 Å². The molecular weight excluding hydrogens is 1120 g/mol. The Morgan fingerprint density at radius 2 is 0.422 bits per heavy atom. The Bertz CT molecular complexity index is 6460. The van der Waals surface area contributed by atoms with Gasteiger partial charge in [0.05, 0.1) is 88.9 Å². The van der Waals surface area contributed by atoms with Crippen molar-refractivity contribution in [2.45, 2.75) is 0 Å². The molecule has 0 aliphatic carbocycles. The molecule has 18 heteroatoms. The van der Waals surface area contributed by atoms with Crippen LogP contribution in [0.25, 0.3) is 146 Å². The van der Waals surface area contributed by atoms with Gasteiger partial charge in [0, 0.05) is 85.7 Å². The molecule has 0 radical (unpaired) electrons. The van der Waals surface area contributed by atoms with E-state index in [1.54, 1.807) is 0 Å². The van der Waals surface area contributed by atoms with Crippen LogP contribution in [0.2, 0.25) is 0 Å². The van der Waals surface area contributed by atoms with Crippen molar-refractivity contribution in [1.82, 2.24) is 83.7 Å². The molecule has 424 valence electrons. The van der Waals surface area contributed by atoms with Gasteiger partial charge in [0.15, 0.2) is 0 Å². The van der Waals surface area contributed by atoms with Crippen molar-refractivity contribution in [3.63, 3.8) is 0 Å². The van der Waals surface area contributed by atoms with E-state index in [-0.39, 0.29) is 0 Å². The number of para-hydroxylation sites is 8. The molecule has 0 aliphatic rings. The predicted octanol–water partition coefficient (Wildman–Crippen LogP) is 14.6. The van der Waals surface area contributed by atoms with Gasteiger partial charge in [0.1, 0.15) is 0 Å². The highest BCUT2D eigenvalue weighted by molar-refractivity contribution is 5.87. The van der Waals surface area contributed by atoms with Crippen molar-refractivity contribution in [2.24, 2.45) is 0 Å². The van der Waals surface area contributed by atoms with Crippen molar-refractivity contribution in [1.29, 1.82) is 0 Å². The summed E-state index contributed by atoms with van der Waals surface area (Å²) in [6.07, 6.45) is 24.8. The van der Waals surface area contributed by atoms with E-state index in [1.165, 1.54) is 0 Å². The molecule has 0 N–H and O–H groups in total. The fourth-order valence-corrected chi connectivity index (χ4v) is 13.3. The smallest absolute Gasteiger partial charge is 0.219 e. The Labute approximate surface area is 508 Å². The van der Waals surface area contributed by atoms with Crippen LogP contribution in [0.5, 0.6) is 0 Å². The first kappa shape index (κ1) is 48.3. The summed E-state index contributed by atoms with van der Waals surface area (Å²) >= 11 is 0. The van der Waals surface area contributed by atoms with Gasteiger partial charge in [-0.15, -0.1) is 0 Å². The maximum atomic E-state index is 5.05. The number of hydrogen-bond acceptors (Lipinski definition) is 6. The zero-order valence-corrected chi connectivity index (χ0v) is 47.6. The van der Waals surface area contributed by atoms with Crippen molar-refractivity contribution >= 4 is 101 Å². The van der Waals surface area contributed by atoms with Gasteiger partial charge in [-0.1, -0.05) is 78.9 Å². The average Bonchev–Trinajstić information content (AvgIpc) is 1.64. The number of aromatic nitrogens is 18. The second-order valence-electron chi connectivity index (χ2n) is 22.6. The Morgan fingerprint density at radius 3 is 0.733 bits per heavy atom. The molecule has 0 amide bonds. The average molecular weight is 1160 g/mol. The lowest BCUT2D eigenvalue weighted by molar-refractivity contribution is 1.04. The maximum Gasteiger partial charge on any atom is 0.219 e. The van der Waals surface area contributed by atoms with E-state index in [1.807, 2.05) is 66.7 Å². The summed E-state index contributed by atoms with van der Waals surface area (Å²) in [4.78, 5) is 29.6. The van der Waals surface area contributed by atoms with Crippen molar-refractivity contribution < 1.29 is 0 Å². The van der Waals surface area contributed by atoms with Crippen LogP contribution in [0.4, 0.5) is 0 Å². The third-order valence-corrected chi connectivity index (χ3v) is 17.6. The van der Waals surface area contributed by atoms with Crippen LogP contribution in [-0.4, -0.2) is 83.7 Å². The SMILES string of the molecule is c1cc(-c2cccc(-n3ccn4c5cc(-n6ccn7c8ccccc8nc67)ccc5nc34)c2)cc(-n2ccn3c4ccccc4nc23)c1.c1cc(-n2ccn3c4ccccc4nc23)cc(-n2ccn3c4cc(-n5ccn6c7ccccc7nc56)ccc4nc23)c1. The van der Waals surface area contributed by atoms with Crippen LogP contribution in [0, 0.1) is 0 Å². The van der Waals surface area contributed by atoms with Gasteiger partial charge in [0.2, 0.25) is 34.7 Å². The largest absolute Gasteiger partial charge is 0.286 e. The van der Waals surface area contributed by atoms with Crippen LogP contribution in [0.3, 0.4) is 0 Å². The molecular formula is C72H46N18. The third kappa shape index (κ3) is 7.08. The Balaban J connectivity index is 0.000000127. The van der Waals surface area contributed by atoms with Gasteiger partial charge in [-0.2, -0.15) is 0 Å². The molecule has 18 nitrogen and oxygen atoms in total. The summed E-state index contributed by atoms with van der Waals surface area (Å²) < 4.78 is 25.6. The van der Waals surface area contributed by atoms with Gasteiger partial charge >= 0.3 is 0 Å². The van der Waals surface area contributed by atoms with Crippen LogP contribution in [0.1, 0.15) is 0 Å². The van der Waals surface area contributed by atoms with E-state index in [0.29, 0.717) is 0 Å². The summed E-state index contributed by atoms with van der Waals surface area (Å²) in [5, 5.41) is 0. The number of fused-ring (bicyclic) bond motifs is 18. The molecule has 0 saturated heterocycles. The molecule has 9 aromatic carbocycles. The zero-order valence-electron chi connectivity index (χ0n) is 47.6. The minimum atomic E-state index is 0.854. The molecule has 0 aliphatic heterocycles. The highest BCUT2D eigenvalue weighted by atomic mass is 15.2. The van der Waals surface area contributed by atoms with Crippen molar-refractivity contribution in [3.8, 4) is 45.3 Å². The van der Waals surface area contributed by atoms with E-state index in [9.17, 15) is 0 Å². The molecule has 0 unspecified atom stereocenters. The summed E-state index contributed by atoms with van der Waals surface area (Å²) in [6, 6.07) is 71.3. The topological polar surface area (TPSA) is 133 Å². The van der Waals surface area contributed by atoms with E-state index in [2.05, 4.69) is 268 Å². The second kappa shape index (κ2) is 18.3. The van der Waals surface area contributed by atoms with E-state index in [4.69, 9.17) is 29.9 Å². The Morgan fingerprint density at radius 1 is 0.178 bits per heavy atom. The molecule has 0 fully saturated rings. The lowest BCUT2D eigenvalue weighted by atomic mass is 10.0. The van der Waals surface area contributed by atoms with Crippen LogP contribution >= 0.6 is 0 Å². The third-order valence-electron chi connectivity index (χ3n) is 17.6. The fraction of sp³-hybridized carbons (Fsp3) is 0. The van der Waals surface area contributed by atoms with Gasteiger partial charge in [-0.25, -0.2) is 29.9 Å². The van der Waals surface area contributed by atoms with Crippen molar-refractivity contribution in [2.75, 3.05) is 0 Å². The molecule has 0 saturated carbocycles. The summed E-state index contributed by atoms with van der Waals surface area (Å²) in [7, 11) is 0. The lowest BCUT2D eigenvalue weighted by Crippen LogP contribution is -1.98. The normalized spacial score (nSPS) is 12.2. The van der Waals surface area contributed by atoms with Gasteiger partial charge in [-0.3, -0.25) is 53.8 Å². The highest BCUT2D eigenvalue weighted by Crippen LogP contribution is 2.32. The number of rotatable bonds is 7. The molecule has 90 heavy (non-hydrogen) atoms. The first-order valence-electron chi connectivity index (χ1n) is 29.6. The summed E-state index contributed by atoms with van der Waals surface area (Å²) in [5.74, 6) is 5.26. The van der Waals surface area contributed by atoms with E-state index in [0.717, 1.165) is 146 Å². The van der Waals surface area contributed by atoms with Crippen LogP contribution in [0.15, 0.2) is 281 Å². The van der Waals surface area contributed by atoms with Gasteiger partial charge in [0.25, 0.3) is 0 Å². The summed E-state index contributed by atoms with van der Waals surface area (Å²) in [6.45, 7) is 0. The minimum absolute atomic E-state index is 0.854. The Kier molecular flexibility index (Phi) is 9.81. The minimum Gasteiger partial charge on any atom is -0.286 e. The molecule has 0 atom stereocenters. The monoisotopic (exact) mass is 1160 g/mol. The second-order valence-corrected chi connectivity index (χ2v) is 22.6. The molecule has 21 aromatic rings. The number of imidazole rings is 12. The van der Waals surface area contributed by atoms with Gasteiger partial charge in [-0.05, 0) is 139 Å². The number of benzene rings is 9. The first-order valence-corrected chi connectivity index (χ1v) is 29.6. The molecule has 0 bridgehead atoms. The van der Waals surface area contributed by atoms with Gasteiger partial charge < -0.3 is 0 Å². The summed E-state index contributed by atoms with van der Waals surface area (Å²) in [5.41, 5.74) is 20.8. The predicted molar refractivity (Wildman–Crippen MR) is 352 cm³/mol. The zero-order chi connectivity index (χ0) is 58.7. The number of hydrogen-bond donors (Lipinski definition) is 0. The molecule has 12 aromatic heterocycles. The first-order chi connectivity index (χ1) is 44.6. The van der Waals surface area contributed by atoms with Crippen LogP contribution < -0.4 is 0 Å². The van der Waals surface area contributed by atoms with Crippen LogP contribution in [-0.2, 0) is 0 Å². The quantitative estimate of drug-likeness (QED) is 0.156. The highest BCUT2D eigenvalue weighted by Gasteiger charge is 2.19. The van der Waals surface area contributed by atoms with E-state index >= 15 is 0 Å². The number of nitrogens with zero attached hydrogens (tertiary/aromatic N) is 18. The molecule has 21 rings (SSSR count). The fourth-order valence-electron chi connectivity index (χ4n) is 13.3. The lowest BCUT2D eigenvalue weighted by Gasteiger charge is -2.09. The molecule has 12 heterocycles. The molecule has 0 spiro atoms.